The van der Waals surface area contributed by atoms with Crippen LogP contribution >= 0.6 is 11.8 Å². The first kappa shape index (κ1) is 18.1. The topological polar surface area (TPSA) is 98.9 Å². The molecule has 0 aromatic heterocycles. The second-order valence-corrected chi connectivity index (χ2v) is 7.11. The normalized spacial score (nSPS) is 22.4. The number of fused-ring (bicyclic) bond motifs is 1. The zero-order chi connectivity index (χ0) is 19.0. The molecule has 0 saturated carbocycles. The maximum absolute atomic E-state index is 12.6. The van der Waals surface area contributed by atoms with Crippen LogP contribution in [0.25, 0.3) is 0 Å². The van der Waals surface area contributed by atoms with E-state index in [1.165, 1.54) is 30.9 Å². The molecular formula is C18H18N2O5S. The van der Waals surface area contributed by atoms with Crippen molar-refractivity contribution < 1.29 is 23.9 Å². The zero-order valence-corrected chi connectivity index (χ0v) is 15.3. The Hall–Kier alpha value is -2.74. The van der Waals surface area contributed by atoms with E-state index in [0.717, 1.165) is 0 Å². The lowest BCUT2D eigenvalue weighted by Crippen LogP contribution is -2.40. The smallest absolute Gasteiger partial charge is 0.338 e. The number of nitrogens with zero attached hydrogens (tertiary/aromatic N) is 1. The summed E-state index contributed by atoms with van der Waals surface area (Å²) in [6.45, 7) is 1.72. The minimum absolute atomic E-state index is 0.0183. The third kappa shape index (κ3) is 2.66. The predicted octanol–water partition coefficient (Wildman–Crippen LogP) is 1.48. The molecule has 1 fully saturated rings. The van der Waals surface area contributed by atoms with Gasteiger partial charge < -0.3 is 15.2 Å². The molecule has 2 aliphatic rings. The van der Waals surface area contributed by atoms with Gasteiger partial charge in [-0.25, -0.2) is 9.59 Å². The van der Waals surface area contributed by atoms with Gasteiger partial charge in [-0.15, -0.1) is 0 Å². The van der Waals surface area contributed by atoms with Crippen molar-refractivity contribution in [3.05, 3.63) is 57.9 Å². The molecule has 3 rings (SSSR count). The van der Waals surface area contributed by atoms with E-state index in [0.29, 0.717) is 10.6 Å². The summed E-state index contributed by atoms with van der Waals surface area (Å²) in [6, 6.07) is 8.98. The van der Waals surface area contributed by atoms with E-state index >= 15 is 0 Å². The summed E-state index contributed by atoms with van der Waals surface area (Å²) in [5, 5.41) is -0.0371. The van der Waals surface area contributed by atoms with Crippen molar-refractivity contribution in [1.29, 1.82) is 0 Å². The number of methoxy groups -OCH3 is 2. The van der Waals surface area contributed by atoms with Crippen LogP contribution in [0.3, 0.4) is 0 Å². The first-order chi connectivity index (χ1) is 12.4. The number of amides is 1. The van der Waals surface area contributed by atoms with E-state index in [9.17, 15) is 14.4 Å². The zero-order valence-electron chi connectivity index (χ0n) is 14.5. The van der Waals surface area contributed by atoms with Crippen LogP contribution in [0.4, 0.5) is 0 Å². The largest absolute Gasteiger partial charge is 0.466 e. The van der Waals surface area contributed by atoms with Gasteiger partial charge in [0, 0.05) is 0 Å². The number of esters is 2. The molecule has 8 heteroatoms. The maximum Gasteiger partial charge on any atom is 0.338 e. The van der Waals surface area contributed by atoms with Gasteiger partial charge in [0.2, 0.25) is 5.91 Å². The Labute approximate surface area is 154 Å². The minimum Gasteiger partial charge on any atom is -0.466 e. The Bertz CT molecular complexity index is 846. The fourth-order valence-electron chi connectivity index (χ4n) is 3.13. The number of hydrogen-bond donors (Lipinski definition) is 1. The van der Waals surface area contributed by atoms with Crippen LogP contribution in [0.2, 0.25) is 0 Å². The maximum atomic E-state index is 12.6. The molecule has 0 bridgehead atoms. The van der Waals surface area contributed by atoms with Crippen molar-refractivity contribution in [2.75, 3.05) is 14.2 Å². The fraction of sp³-hybridized carbons (Fsp3) is 0.278. The van der Waals surface area contributed by atoms with Gasteiger partial charge in [0.25, 0.3) is 0 Å². The molecule has 2 unspecified atom stereocenters. The number of rotatable bonds is 3. The van der Waals surface area contributed by atoms with E-state index in [1.54, 1.807) is 31.2 Å². The lowest BCUT2D eigenvalue weighted by molar-refractivity contribution is -0.137. The van der Waals surface area contributed by atoms with Gasteiger partial charge in [-0.1, -0.05) is 42.1 Å². The van der Waals surface area contributed by atoms with Crippen LogP contribution in [0.1, 0.15) is 18.4 Å². The highest BCUT2D eigenvalue weighted by molar-refractivity contribution is 8.04. The Kier molecular flexibility index (Phi) is 4.78. The van der Waals surface area contributed by atoms with Crippen LogP contribution in [-0.4, -0.2) is 42.2 Å². The molecule has 1 amide bonds. The van der Waals surface area contributed by atoms with Gasteiger partial charge in [-0.2, -0.15) is 0 Å². The van der Waals surface area contributed by atoms with Gasteiger partial charge in [-0.05, 0) is 12.5 Å². The second-order valence-electron chi connectivity index (χ2n) is 5.78. The molecule has 2 N–H and O–H groups in total. The molecule has 2 aliphatic heterocycles. The van der Waals surface area contributed by atoms with E-state index < -0.39 is 23.1 Å². The van der Waals surface area contributed by atoms with E-state index in [1.807, 2.05) is 6.07 Å². The summed E-state index contributed by atoms with van der Waals surface area (Å²) in [5.41, 5.74) is 7.14. The Morgan fingerprint density at radius 2 is 1.65 bits per heavy atom. The standard InChI is InChI=1S/C18H18N2O5S/c1-9-15(21)20-14(19)12(17(22)24-2)11(10-7-5-4-6-8-10)13(16(20)26-9)18(23)25-3/h4-9,11H,19H2,1-3H3. The quantitative estimate of drug-likeness (QED) is 0.800. The Morgan fingerprint density at radius 3 is 2.23 bits per heavy atom. The highest BCUT2D eigenvalue weighted by Crippen LogP contribution is 2.49. The lowest BCUT2D eigenvalue weighted by atomic mass is 9.82. The SMILES string of the molecule is COC(=O)C1=C(N)N2C(=O)C(C)SC2=C(C(=O)OC)C1c1ccccc1. The monoisotopic (exact) mass is 374 g/mol. The molecular weight excluding hydrogens is 356 g/mol. The minimum atomic E-state index is -0.784. The van der Waals surface area contributed by atoms with Crippen molar-refractivity contribution in [1.82, 2.24) is 4.90 Å². The van der Waals surface area contributed by atoms with Crippen molar-refractivity contribution in [3.63, 3.8) is 0 Å². The van der Waals surface area contributed by atoms with Gasteiger partial charge in [0.1, 0.15) is 5.82 Å². The number of nitrogens with two attached hydrogens (primary N) is 1. The first-order valence-corrected chi connectivity index (χ1v) is 8.76. The predicted molar refractivity (Wildman–Crippen MR) is 95.4 cm³/mol. The van der Waals surface area contributed by atoms with Crippen molar-refractivity contribution in [3.8, 4) is 0 Å². The van der Waals surface area contributed by atoms with Gasteiger partial charge in [0.15, 0.2) is 0 Å². The van der Waals surface area contributed by atoms with Crippen LogP contribution < -0.4 is 5.73 Å². The van der Waals surface area contributed by atoms with E-state index in [4.69, 9.17) is 15.2 Å². The fourth-order valence-corrected chi connectivity index (χ4v) is 4.29. The molecule has 26 heavy (non-hydrogen) atoms. The van der Waals surface area contributed by atoms with Crippen LogP contribution in [0.5, 0.6) is 0 Å². The highest BCUT2D eigenvalue weighted by atomic mass is 32.2. The summed E-state index contributed by atoms with van der Waals surface area (Å²) in [4.78, 5) is 38.9. The number of carbonyl (C=O) groups is 3. The van der Waals surface area contributed by atoms with Crippen LogP contribution in [0.15, 0.2) is 52.3 Å². The summed E-state index contributed by atoms with van der Waals surface area (Å²) in [7, 11) is 2.48. The number of hydrogen-bond acceptors (Lipinski definition) is 7. The lowest BCUT2D eigenvalue weighted by Gasteiger charge is -2.32. The molecule has 1 aromatic rings. The first-order valence-electron chi connectivity index (χ1n) is 7.88. The summed E-state index contributed by atoms with van der Waals surface area (Å²) >= 11 is 1.22. The third-order valence-corrected chi connectivity index (χ3v) is 5.51. The highest BCUT2D eigenvalue weighted by Gasteiger charge is 2.48. The number of thioether (sulfide) groups is 1. The Balaban J connectivity index is 2.32. The molecule has 1 saturated heterocycles. The molecule has 7 nitrogen and oxygen atoms in total. The van der Waals surface area contributed by atoms with Gasteiger partial charge >= 0.3 is 11.9 Å². The third-order valence-electron chi connectivity index (χ3n) is 4.33. The molecule has 0 spiro atoms. The average molecular weight is 374 g/mol. The molecule has 2 atom stereocenters. The number of benzene rings is 1. The van der Waals surface area contributed by atoms with Gasteiger partial charge in [-0.3, -0.25) is 9.69 Å². The number of carbonyl (C=O) groups excluding carboxylic acids is 3. The Morgan fingerprint density at radius 1 is 1.08 bits per heavy atom. The molecule has 2 heterocycles. The van der Waals surface area contributed by atoms with Gasteiger partial charge in [0.05, 0.1) is 41.6 Å². The summed E-state index contributed by atoms with van der Waals surface area (Å²) in [5.74, 6) is -2.42. The summed E-state index contributed by atoms with van der Waals surface area (Å²) < 4.78 is 9.84. The van der Waals surface area contributed by atoms with Crippen molar-refractivity contribution in [2.24, 2.45) is 5.73 Å². The van der Waals surface area contributed by atoms with Crippen LogP contribution in [-0.2, 0) is 23.9 Å². The van der Waals surface area contributed by atoms with E-state index in [2.05, 4.69) is 0 Å². The molecule has 136 valence electrons. The van der Waals surface area contributed by atoms with Crippen LogP contribution in [0, 0.1) is 0 Å². The summed E-state index contributed by atoms with van der Waals surface area (Å²) in [6.07, 6.45) is 0. The number of ether oxygens (including phenoxy) is 2. The van der Waals surface area contributed by atoms with Crippen molar-refractivity contribution in [2.45, 2.75) is 18.1 Å². The second kappa shape index (κ2) is 6.87. The molecule has 1 aromatic carbocycles. The molecule has 0 radical (unpaired) electrons. The van der Waals surface area contributed by atoms with Crippen molar-refractivity contribution >= 4 is 29.6 Å². The average Bonchev–Trinajstić information content (AvgIpc) is 2.95. The van der Waals surface area contributed by atoms with E-state index in [-0.39, 0.29) is 22.9 Å². The molecule has 0 aliphatic carbocycles.